The number of rotatable bonds is 9. The van der Waals surface area contributed by atoms with E-state index in [4.69, 9.17) is 9.52 Å². The highest BCUT2D eigenvalue weighted by atomic mass is 16.4. The van der Waals surface area contributed by atoms with E-state index in [1.807, 2.05) is 35.5 Å². The Balaban J connectivity index is 0.000000179. The minimum Gasteiger partial charge on any atom is -0.416 e. The van der Waals surface area contributed by atoms with Crippen LogP contribution in [0.4, 0.5) is 11.4 Å². The van der Waals surface area contributed by atoms with E-state index in [9.17, 15) is 0 Å². The Morgan fingerprint density at radius 1 is 0.585 bits per heavy atom. The van der Waals surface area contributed by atoms with Crippen molar-refractivity contribution in [2.45, 2.75) is 47.0 Å². The van der Waals surface area contributed by atoms with Crippen LogP contribution < -0.4 is 5.01 Å². The maximum Gasteiger partial charge on any atom is 0.248 e. The molecule has 0 aliphatic heterocycles. The lowest BCUT2D eigenvalue weighted by atomic mass is 10.1. The minimum atomic E-state index is 0.562. The third kappa shape index (κ3) is 7.82. The second-order valence-corrected chi connectivity index (χ2v) is 13.3. The van der Waals surface area contributed by atoms with E-state index in [2.05, 4.69) is 165 Å². The summed E-state index contributed by atoms with van der Waals surface area (Å²) in [6, 6.07) is 48.7. The van der Waals surface area contributed by atoms with Crippen LogP contribution in [0.5, 0.6) is 0 Å². The van der Waals surface area contributed by atoms with Gasteiger partial charge in [-0.2, -0.15) is 5.10 Å². The van der Waals surface area contributed by atoms with Crippen molar-refractivity contribution < 1.29 is 4.42 Å². The molecule has 0 unspecified atom stereocenters. The summed E-state index contributed by atoms with van der Waals surface area (Å²) in [6.45, 7) is 8.56. The number of hydrogen-bond acceptors (Lipinski definition) is 5. The molecule has 0 bridgehead atoms. The first-order chi connectivity index (χ1) is 25.9. The van der Waals surface area contributed by atoms with E-state index in [-0.39, 0.29) is 0 Å². The molecule has 264 valence electrons. The zero-order chi connectivity index (χ0) is 36.7. The Morgan fingerprint density at radius 2 is 1.08 bits per heavy atom. The number of nitrogens with zero attached hydrogens (tertiary/aromatic N) is 5. The predicted molar refractivity (Wildman–Crippen MR) is 221 cm³/mol. The van der Waals surface area contributed by atoms with E-state index in [1.165, 1.54) is 44.1 Å². The quantitative estimate of drug-likeness (QED) is 0.111. The van der Waals surface area contributed by atoms with Gasteiger partial charge in [-0.15, -0.1) is 10.2 Å². The molecular formula is C47H45N5O. The maximum absolute atomic E-state index is 5.78. The molecule has 2 heterocycles. The van der Waals surface area contributed by atoms with Crippen LogP contribution in [-0.4, -0.2) is 21.0 Å². The fourth-order valence-corrected chi connectivity index (χ4v) is 6.45. The topological polar surface area (TPSA) is 59.5 Å². The smallest absolute Gasteiger partial charge is 0.248 e. The molecule has 6 aromatic carbocycles. The van der Waals surface area contributed by atoms with Gasteiger partial charge in [-0.3, -0.25) is 0 Å². The van der Waals surface area contributed by atoms with E-state index in [0.717, 1.165) is 47.3 Å². The highest BCUT2D eigenvalue weighted by Crippen LogP contribution is 2.30. The van der Waals surface area contributed by atoms with Crippen molar-refractivity contribution in [2.24, 2.45) is 12.1 Å². The van der Waals surface area contributed by atoms with Crippen molar-refractivity contribution >= 4 is 39.4 Å². The number of hydrazone groups is 1. The second kappa shape index (κ2) is 16.0. The van der Waals surface area contributed by atoms with E-state index in [1.54, 1.807) is 0 Å². The van der Waals surface area contributed by atoms with Gasteiger partial charge in [0.25, 0.3) is 0 Å². The second-order valence-electron chi connectivity index (χ2n) is 13.3. The molecule has 0 spiro atoms. The lowest BCUT2D eigenvalue weighted by Crippen LogP contribution is -2.09. The Bertz CT molecular complexity index is 2390. The molecule has 6 nitrogen and oxygen atoms in total. The number of benzene rings is 6. The van der Waals surface area contributed by atoms with E-state index in [0.29, 0.717) is 11.8 Å². The van der Waals surface area contributed by atoms with Gasteiger partial charge in [0.2, 0.25) is 11.8 Å². The first-order valence-electron chi connectivity index (χ1n) is 18.4. The number of aromatic nitrogens is 3. The molecular weight excluding hydrogens is 651 g/mol. The standard InChI is InChI=1S/C29H27N3.C18H18N2O/c1-4-22-11-16-25(17-12-22)32(24-14-9-21(2)10-15-24)30-20-23-13-18-29-27(19-23)26-7-5-6-8-28(26)31(29)3;1-3-13-5-9-15(10-6-13)17-19-20-18(21-17)16-11-7-14(4-2)8-12-16/h5-20H,4H2,1-3H3;5-12H,3-4H2,1-2H3/b30-20+;. The summed E-state index contributed by atoms with van der Waals surface area (Å²) >= 11 is 0. The van der Waals surface area contributed by atoms with Crippen LogP contribution >= 0.6 is 0 Å². The summed E-state index contributed by atoms with van der Waals surface area (Å²) in [5.41, 5.74) is 12.7. The van der Waals surface area contributed by atoms with Crippen LogP contribution in [0.15, 0.2) is 149 Å². The van der Waals surface area contributed by atoms with Crippen molar-refractivity contribution in [3.05, 3.63) is 167 Å². The highest BCUT2D eigenvalue weighted by molar-refractivity contribution is 6.09. The van der Waals surface area contributed by atoms with Crippen molar-refractivity contribution in [3.8, 4) is 22.9 Å². The summed E-state index contributed by atoms with van der Waals surface area (Å²) in [5.74, 6) is 1.12. The number of anilines is 2. The average molecular weight is 696 g/mol. The van der Waals surface area contributed by atoms with Crippen LogP contribution in [-0.2, 0) is 26.3 Å². The zero-order valence-electron chi connectivity index (χ0n) is 31.1. The summed E-state index contributed by atoms with van der Waals surface area (Å²) in [4.78, 5) is 0. The Morgan fingerprint density at radius 3 is 1.62 bits per heavy atom. The van der Waals surface area contributed by atoms with Crippen molar-refractivity contribution in [1.82, 2.24) is 14.8 Å². The first-order valence-corrected chi connectivity index (χ1v) is 18.4. The number of para-hydroxylation sites is 1. The van der Waals surface area contributed by atoms with Gasteiger partial charge in [0.05, 0.1) is 17.6 Å². The highest BCUT2D eigenvalue weighted by Gasteiger charge is 2.12. The van der Waals surface area contributed by atoms with Crippen LogP contribution in [0.1, 0.15) is 48.6 Å². The van der Waals surface area contributed by atoms with Gasteiger partial charge in [0.1, 0.15) is 0 Å². The predicted octanol–water partition coefficient (Wildman–Crippen LogP) is 11.9. The fourth-order valence-electron chi connectivity index (χ4n) is 6.45. The van der Waals surface area contributed by atoms with E-state index >= 15 is 0 Å². The van der Waals surface area contributed by atoms with Gasteiger partial charge in [0, 0.05) is 40.0 Å². The molecule has 0 radical (unpaired) electrons. The molecule has 0 saturated heterocycles. The third-order valence-electron chi connectivity index (χ3n) is 9.77. The largest absolute Gasteiger partial charge is 0.416 e. The molecule has 0 atom stereocenters. The third-order valence-corrected chi connectivity index (χ3v) is 9.77. The fraction of sp³-hybridized carbons (Fsp3) is 0.170. The number of aryl methyl sites for hydroxylation is 5. The number of fused-ring (bicyclic) bond motifs is 3. The summed E-state index contributed by atoms with van der Waals surface area (Å²) in [7, 11) is 2.12. The van der Waals surface area contributed by atoms with Gasteiger partial charge >= 0.3 is 0 Å². The van der Waals surface area contributed by atoms with Crippen LogP contribution in [0, 0.1) is 6.92 Å². The molecule has 0 aliphatic rings. The summed E-state index contributed by atoms with van der Waals surface area (Å²) in [6.07, 6.45) is 5.03. The van der Waals surface area contributed by atoms with Gasteiger partial charge in [-0.05, 0) is 115 Å². The Hall–Kier alpha value is -6.27. The SMILES string of the molecule is CCc1ccc(-c2nnc(-c3ccc(CC)cc3)o2)cc1.CCc1ccc(N(/N=C/c2ccc3c(c2)c2ccccc2n3C)c2ccc(C)cc2)cc1. The monoisotopic (exact) mass is 695 g/mol. The zero-order valence-corrected chi connectivity index (χ0v) is 31.1. The molecule has 0 saturated carbocycles. The van der Waals surface area contributed by atoms with Crippen LogP contribution in [0.2, 0.25) is 0 Å². The average Bonchev–Trinajstić information content (AvgIpc) is 3.82. The molecule has 6 heteroatoms. The lowest BCUT2D eigenvalue weighted by Gasteiger charge is -2.20. The summed E-state index contributed by atoms with van der Waals surface area (Å²) in [5, 5.41) is 17.7. The van der Waals surface area contributed by atoms with Gasteiger partial charge in [-0.25, -0.2) is 5.01 Å². The Labute approximate surface area is 312 Å². The van der Waals surface area contributed by atoms with Gasteiger partial charge in [-0.1, -0.05) is 99.1 Å². The molecule has 0 aliphatic carbocycles. The molecule has 0 fully saturated rings. The van der Waals surface area contributed by atoms with Crippen molar-refractivity contribution in [2.75, 3.05) is 5.01 Å². The first kappa shape index (κ1) is 35.1. The van der Waals surface area contributed by atoms with Gasteiger partial charge < -0.3 is 8.98 Å². The molecule has 2 aromatic heterocycles. The Kier molecular flexibility index (Phi) is 10.6. The minimum absolute atomic E-state index is 0.562. The van der Waals surface area contributed by atoms with Crippen LogP contribution in [0.25, 0.3) is 44.7 Å². The molecule has 8 rings (SSSR count). The van der Waals surface area contributed by atoms with E-state index < -0.39 is 0 Å². The lowest BCUT2D eigenvalue weighted by molar-refractivity contribution is 0.584. The van der Waals surface area contributed by atoms with Gasteiger partial charge in [0.15, 0.2) is 0 Å². The number of hydrogen-bond donors (Lipinski definition) is 0. The summed E-state index contributed by atoms with van der Waals surface area (Å²) < 4.78 is 8.03. The molecule has 0 amide bonds. The van der Waals surface area contributed by atoms with Crippen molar-refractivity contribution in [1.29, 1.82) is 0 Å². The normalized spacial score (nSPS) is 11.3. The molecule has 53 heavy (non-hydrogen) atoms. The maximum atomic E-state index is 5.78. The molecule has 8 aromatic rings. The van der Waals surface area contributed by atoms with Crippen LogP contribution in [0.3, 0.4) is 0 Å². The van der Waals surface area contributed by atoms with Crippen molar-refractivity contribution in [3.63, 3.8) is 0 Å². The molecule has 0 N–H and O–H groups in total.